The van der Waals surface area contributed by atoms with E-state index in [2.05, 4.69) is 9.03 Å². The Morgan fingerprint density at radius 3 is 1.89 bits per heavy atom. The third-order valence-electron chi connectivity index (χ3n) is 0.578. The zero-order valence-electron chi connectivity index (χ0n) is 4.40. The summed E-state index contributed by atoms with van der Waals surface area (Å²) < 4.78 is 17.3. The molecule has 0 bridgehead atoms. The van der Waals surface area contributed by atoms with Crippen LogP contribution in [0.2, 0.25) is 0 Å². The van der Waals surface area contributed by atoms with Gasteiger partial charge >= 0.3 is 5.97 Å². The van der Waals surface area contributed by atoms with Crippen LogP contribution in [0.1, 0.15) is 0 Å². The van der Waals surface area contributed by atoms with Crippen molar-refractivity contribution in [1.29, 1.82) is 0 Å². The number of halogens is 3. The van der Waals surface area contributed by atoms with Crippen LogP contribution in [0.4, 0.5) is 4.39 Å². The number of alkyl halides is 3. The average Bonchev–Trinajstić information content (AvgIpc) is 1.86. The van der Waals surface area contributed by atoms with E-state index in [0.717, 1.165) is 0 Å². The lowest BCUT2D eigenvalue weighted by atomic mass is 10.8. The van der Waals surface area contributed by atoms with E-state index in [0.29, 0.717) is 0 Å². The van der Waals surface area contributed by atoms with Crippen LogP contribution in [-0.2, 0) is 4.79 Å². The minimum absolute atomic E-state index is 1.11. The maximum absolute atomic E-state index is 12.7. The van der Waals surface area contributed by atoms with E-state index >= 15 is 0 Å². The number of carboxylic acids is 1. The molecule has 9 heavy (non-hydrogen) atoms. The standard InChI is InChI=1S/C4H5FI2O2/c1-6-4(5,7-2)3(8)9/h1-2H2,(H,8,9). The molecule has 0 aliphatic heterocycles. The van der Waals surface area contributed by atoms with E-state index in [1.54, 1.807) is 0 Å². The van der Waals surface area contributed by atoms with Gasteiger partial charge in [0.1, 0.15) is 0 Å². The molecule has 0 amide bonds. The lowest BCUT2D eigenvalue weighted by Crippen LogP contribution is -2.18. The Morgan fingerprint density at radius 2 is 1.89 bits per heavy atom. The van der Waals surface area contributed by atoms with Crippen molar-refractivity contribution in [3.63, 3.8) is 0 Å². The molecule has 5 heteroatoms. The predicted molar refractivity (Wildman–Crippen MR) is 53.8 cm³/mol. The fourth-order valence-electron chi connectivity index (χ4n) is 0.150. The van der Waals surface area contributed by atoms with Gasteiger partial charge in [-0.15, -0.1) is 0 Å². The SMILES string of the molecule is C=IC(F)(I=C)C(=O)O. The number of rotatable bonds is 3. The van der Waals surface area contributed by atoms with Crippen LogP contribution in [0.3, 0.4) is 0 Å². The van der Waals surface area contributed by atoms with Crippen molar-refractivity contribution in [2.75, 3.05) is 0 Å². The molecule has 0 aromatic heterocycles. The minimum Gasteiger partial charge on any atom is -0.478 e. The molecule has 0 aromatic rings. The summed E-state index contributed by atoms with van der Waals surface area (Å²) in [6.07, 6.45) is 0. The van der Waals surface area contributed by atoms with E-state index in [-0.39, 0.29) is 0 Å². The van der Waals surface area contributed by atoms with Crippen molar-refractivity contribution in [2.24, 2.45) is 0 Å². The molecule has 0 saturated carbocycles. The van der Waals surface area contributed by atoms with Crippen LogP contribution in [0.15, 0.2) is 0 Å². The lowest BCUT2D eigenvalue weighted by molar-refractivity contribution is -0.139. The van der Waals surface area contributed by atoms with Crippen molar-refractivity contribution < 1.29 is 14.3 Å². The van der Waals surface area contributed by atoms with Crippen LogP contribution in [-0.4, -0.2) is 21.8 Å². The molecule has 0 spiro atoms. The third-order valence-corrected chi connectivity index (χ3v) is 7.29. The summed E-state index contributed by atoms with van der Waals surface area (Å²) in [4.78, 5) is 10.1. The highest BCUT2D eigenvalue weighted by Gasteiger charge is 2.32. The molecule has 0 fully saturated rings. The molecule has 0 heterocycles. The van der Waals surface area contributed by atoms with Crippen molar-refractivity contribution in [3.05, 3.63) is 0 Å². The van der Waals surface area contributed by atoms with Crippen molar-refractivity contribution in [3.8, 4) is 0 Å². The predicted octanol–water partition coefficient (Wildman–Crippen LogP) is 1.50. The first-order chi connectivity index (χ1) is 4.06. The Labute approximate surface area is 71.9 Å². The fourth-order valence-corrected chi connectivity index (χ4v) is 2.37. The number of hydrogen-bond donors (Lipinski definition) is 1. The summed E-state index contributed by atoms with van der Waals surface area (Å²) in [5, 5.41) is 8.23. The zero-order valence-corrected chi connectivity index (χ0v) is 8.72. The highest BCUT2D eigenvalue weighted by atomic mass is 127. The van der Waals surface area contributed by atoms with Gasteiger partial charge in [0.25, 0.3) is 1.68 Å². The van der Waals surface area contributed by atoms with Gasteiger partial charge in [-0.25, -0.2) is 9.18 Å². The molecule has 0 aromatic carbocycles. The second-order valence-electron chi connectivity index (χ2n) is 1.07. The lowest BCUT2D eigenvalue weighted by Gasteiger charge is -2.06. The normalized spacial score (nSPS) is 11.2. The summed E-state index contributed by atoms with van der Waals surface area (Å²) in [5.74, 6) is -1.38. The molecule has 0 aliphatic rings. The number of aliphatic carboxylic acids is 1. The second kappa shape index (κ2) is 3.69. The van der Waals surface area contributed by atoms with Crippen molar-refractivity contribution in [2.45, 2.75) is 1.68 Å². The Kier molecular flexibility index (Phi) is 3.94. The van der Waals surface area contributed by atoms with Gasteiger partial charge in [0.15, 0.2) is 0 Å². The molecule has 0 rings (SSSR count). The van der Waals surface area contributed by atoms with E-state index in [1.165, 1.54) is 0 Å². The maximum atomic E-state index is 12.7. The van der Waals surface area contributed by atoms with E-state index in [4.69, 9.17) is 5.11 Å². The van der Waals surface area contributed by atoms with Gasteiger partial charge in [0, 0.05) is 0 Å². The molecule has 0 saturated heterocycles. The molecule has 2 nitrogen and oxygen atoms in total. The molecular weight excluding hydrogens is 353 g/mol. The summed E-state index contributed by atoms with van der Waals surface area (Å²) in [5.41, 5.74) is 0. The molecule has 54 valence electrons. The molecule has 1 N–H and O–H groups in total. The molecule has 0 radical (unpaired) electrons. The Balaban J connectivity index is 4.46. The van der Waals surface area contributed by atoms with Crippen LogP contribution in [0, 0.1) is 0 Å². The molecule has 0 aliphatic carbocycles. The van der Waals surface area contributed by atoms with Gasteiger partial charge in [-0.2, -0.15) is 0 Å². The van der Waals surface area contributed by atoms with Crippen LogP contribution in [0.25, 0.3) is 0 Å². The highest BCUT2D eigenvalue weighted by molar-refractivity contribution is 14.3. The number of carbonyl (C=O) groups is 1. The molecule has 0 atom stereocenters. The van der Waals surface area contributed by atoms with Gasteiger partial charge in [-0.3, -0.25) is 0 Å². The van der Waals surface area contributed by atoms with Crippen molar-refractivity contribution in [1.82, 2.24) is 0 Å². The molecule has 0 unspecified atom stereocenters. The van der Waals surface area contributed by atoms with Crippen LogP contribution < -0.4 is 0 Å². The first-order valence-electron chi connectivity index (χ1n) is 1.78. The zero-order chi connectivity index (χ0) is 7.49. The highest BCUT2D eigenvalue weighted by Crippen LogP contribution is 2.36. The Morgan fingerprint density at radius 1 is 1.56 bits per heavy atom. The number of hydrogen-bond acceptors (Lipinski definition) is 1. The van der Waals surface area contributed by atoms with Gasteiger partial charge in [-0.05, 0) is 0 Å². The first-order valence-corrected chi connectivity index (χ1v) is 6.99. The fraction of sp³-hybridized carbons (Fsp3) is 0.250. The van der Waals surface area contributed by atoms with Crippen LogP contribution in [0.5, 0.6) is 0 Å². The summed E-state index contributed by atoms with van der Waals surface area (Å²) in [7, 11) is 0. The van der Waals surface area contributed by atoms with Gasteiger partial charge in [-0.1, -0.05) is 50.5 Å². The van der Waals surface area contributed by atoms with Gasteiger partial charge in [0.05, 0.1) is 0 Å². The Bertz CT molecular complexity index is 149. The monoisotopic (exact) mass is 358 g/mol. The topological polar surface area (TPSA) is 37.3 Å². The van der Waals surface area contributed by atoms with E-state index in [1.807, 2.05) is 0 Å². The first kappa shape index (κ1) is 9.60. The van der Waals surface area contributed by atoms with Crippen molar-refractivity contribution >= 4 is 56.5 Å². The second-order valence-corrected chi connectivity index (χ2v) is 7.63. The Hall–Kier alpha value is 0.600. The minimum atomic E-state index is -2.00. The van der Waals surface area contributed by atoms with Gasteiger partial charge in [0.2, 0.25) is 0 Å². The van der Waals surface area contributed by atoms with E-state index in [9.17, 15) is 9.18 Å². The summed E-state index contributed by atoms with van der Waals surface area (Å²) in [6, 6.07) is 0. The largest absolute Gasteiger partial charge is 0.478 e. The van der Waals surface area contributed by atoms with E-state index < -0.39 is 49.1 Å². The summed E-state index contributed by atoms with van der Waals surface area (Å²) in [6.45, 7) is 0. The third kappa shape index (κ3) is 2.36. The number of carboxylic acid groups (broad SMARTS) is 1. The maximum Gasteiger partial charge on any atom is 0.361 e. The quantitative estimate of drug-likeness (QED) is 0.614. The summed E-state index contributed by atoms with van der Waals surface area (Å²) >= 11 is -2.22. The molecular formula is C4H5FI2O2. The average molecular weight is 358 g/mol. The van der Waals surface area contributed by atoms with Gasteiger partial charge < -0.3 is 5.11 Å². The van der Waals surface area contributed by atoms with Crippen LogP contribution >= 0.6 is 41.5 Å². The smallest absolute Gasteiger partial charge is 0.361 e.